The Morgan fingerprint density at radius 3 is 2.42 bits per heavy atom. The van der Waals surface area contributed by atoms with E-state index < -0.39 is 0 Å². The SMILES string of the molecule is COc1cccc(NC(=O)CN(C)CC(=O)N[C@@H](C)c2ccccc2)c1. The van der Waals surface area contributed by atoms with Gasteiger partial charge in [0.25, 0.3) is 0 Å². The first-order chi connectivity index (χ1) is 12.5. The molecule has 0 unspecified atom stereocenters. The molecule has 6 heteroatoms. The smallest absolute Gasteiger partial charge is 0.238 e. The summed E-state index contributed by atoms with van der Waals surface area (Å²) >= 11 is 0. The predicted octanol–water partition coefficient (Wildman–Crippen LogP) is 2.44. The molecule has 1 atom stereocenters. The van der Waals surface area contributed by atoms with Crippen molar-refractivity contribution in [3.05, 3.63) is 60.2 Å². The molecule has 0 aliphatic rings. The number of hydrogen-bond acceptors (Lipinski definition) is 4. The molecule has 0 saturated heterocycles. The molecule has 0 heterocycles. The van der Waals surface area contributed by atoms with E-state index in [4.69, 9.17) is 4.74 Å². The number of carbonyl (C=O) groups excluding carboxylic acids is 2. The molecule has 0 bridgehead atoms. The Labute approximate surface area is 154 Å². The fourth-order valence-electron chi connectivity index (χ4n) is 2.56. The third-order valence-electron chi connectivity index (χ3n) is 3.86. The van der Waals surface area contributed by atoms with Gasteiger partial charge < -0.3 is 15.4 Å². The van der Waals surface area contributed by atoms with Crippen LogP contribution in [-0.2, 0) is 9.59 Å². The number of ether oxygens (including phenoxy) is 1. The predicted molar refractivity (Wildman–Crippen MR) is 102 cm³/mol. The van der Waals surface area contributed by atoms with Crippen molar-refractivity contribution in [2.24, 2.45) is 0 Å². The topological polar surface area (TPSA) is 70.7 Å². The molecule has 0 saturated carbocycles. The minimum atomic E-state index is -0.190. The second kappa shape index (κ2) is 9.58. The van der Waals surface area contributed by atoms with Crippen LogP contribution >= 0.6 is 0 Å². The monoisotopic (exact) mass is 355 g/mol. The zero-order valence-corrected chi connectivity index (χ0v) is 15.4. The molecule has 26 heavy (non-hydrogen) atoms. The van der Waals surface area contributed by atoms with E-state index in [1.54, 1.807) is 43.3 Å². The van der Waals surface area contributed by atoms with Gasteiger partial charge in [-0.2, -0.15) is 0 Å². The van der Waals surface area contributed by atoms with Crippen molar-refractivity contribution in [2.45, 2.75) is 13.0 Å². The van der Waals surface area contributed by atoms with Gasteiger partial charge in [-0.1, -0.05) is 36.4 Å². The molecule has 2 rings (SSSR count). The van der Waals surface area contributed by atoms with Gasteiger partial charge in [0.1, 0.15) is 5.75 Å². The van der Waals surface area contributed by atoms with Crippen molar-refractivity contribution in [3.8, 4) is 5.75 Å². The minimum Gasteiger partial charge on any atom is -0.497 e. The Morgan fingerprint density at radius 1 is 1.04 bits per heavy atom. The number of likely N-dealkylation sites (N-methyl/N-ethyl adjacent to an activating group) is 1. The number of nitrogens with zero attached hydrogens (tertiary/aromatic N) is 1. The Hall–Kier alpha value is -2.86. The fourth-order valence-corrected chi connectivity index (χ4v) is 2.56. The lowest BCUT2D eigenvalue weighted by Gasteiger charge is -2.19. The highest BCUT2D eigenvalue weighted by atomic mass is 16.5. The average molecular weight is 355 g/mol. The van der Waals surface area contributed by atoms with Crippen molar-refractivity contribution < 1.29 is 14.3 Å². The number of hydrogen-bond donors (Lipinski definition) is 2. The maximum absolute atomic E-state index is 12.2. The van der Waals surface area contributed by atoms with Crippen LogP contribution in [0.5, 0.6) is 5.75 Å². The van der Waals surface area contributed by atoms with E-state index in [1.165, 1.54) is 0 Å². The summed E-state index contributed by atoms with van der Waals surface area (Å²) in [6.07, 6.45) is 0. The molecule has 2 aromatic carbocycles. The van der Waals surface area contributed by atoms with Gasteiger partial charge in [-0.3, -0.25) is 14.5 Å². The number of benzene rings is 2. The van der Waals surface area contributed by atoms with Crippen LogP contribution in [0, 0.1) is 0 Å². The molecular formula is C20H25N3O3. The molecule has 6 nitrogen and oxygen atoms in total. The van der Waals surface area contributed by atoms with Crippen molar-refractivity contribution in [1.82, 2.24) is 10.2 Å². The zero-order chi connectivity index (χ0) is 18.9. The highest BCUT2D eigenvalue weighted by Gasteiger charge is 2.13. The van der Waals surface area contributed by atoms with Crippen molar-refractivity contribution in [3.63, 3.8) is 0 Å². The maximum atomic E-state index is 12.2. The maximum Gasteiger partial charge on any atom is 0.238 e. The largest absolute Gasteiger partial charge is 0.497 e. The van der Waals surface area contributed by atoms with E-state index in [9.17, 15) is 9.59 Å². The van der Waals surface area contributed by atoms with Gasteiger partial charge in [-0.15, -0.1) is 0 Å². The number of amides is 2. The highest BCUT2D eigenvalue weighted by Crippen LogP contribution is 2.16. The molecule has 2 N–H and O–H groups in total. The molecule has 0 radical (unpaired) electrons. The average Bonchev–Trinajstić information content (AvgIpc) is 2.62. The Bertz CT molecular complexity index is 734. The Kier molecular flexibility index (Phi) is 7.17. The zero-order valence-electron chi connectivity index (χ0n) is 15.4. The van der Waals surface area contributed by atoms with Crippen molar-refractivity contribution in [2.75, 3.05) is 32.6 Å². The summed E-state index contributed by atoms with van der Waals surface area (Å²) in [7, 11) is 3.31. The summed E-state index contributed by atoms with van der Waals surface area (Å²) in [4.78, 5) is 26.0. The third kappa shape index (κ3) is 6.22. The first-order valence-corrected chi connectivity index (χ1v) is 8.44. The second-order valence-corrected chi connectivity index (χ2v) is 6.15. The first-order valence-electron chi connectivity index (χ1n) is 8.44. The van der Waals surface area contributed by atoms with Crippen molar-refractivity contribution >= 4 is 17.5 Å². The highest BCUT2D eigenvalue weighted by molar-refractivity contribution is 5.92. The van der Waals surface area contributed by atoms with Crippen LogP contribution in [0.3, 0.4) is 0 Å². The molecule has 0 aliphatic carbocycles. The minimum absolute atomic E-state index is 0.0808. The summed E-state index contributed by atoms with van der Waals surface area (Å²) in [6, 6.07) is 16.8. The molecular weight excluding hydrogens is 330 g/mol. The van der Waals surface area contributed by atoms with Gasteiger partial charge in [-0.05, 0) is 31.7 Å². The summed E-state index contributed by atoms with van der Waals surface area (Å²) in [5, 5.41) is 5.73. The molecule has 138 valence electrons. The molecule has 0 aromatic heterocycles. The van der Waals surface area contributed by atoms with E-state index in [0.717, 1.165) is 5.56 Å². The van der Waals surface area contributed by atoms with Gasteiger partial charge >= 0.3 is 0 Å². The standard InChI is InChI=1S/C20H25N3O3/c1-15(16-8-5-4-6-9-16)21-19(24)13-23(2)14-20(25)22-17-10-7-11-18(12-17)26-3/h4-12,15H,13-14H2,1-3H3,(H,21,24)(H,22,25)/t15-/m0/s1. The molecule has 0 fully saturated rings. The van der Waals surface area contributed by atoms with Crippen LogP contribution in [0.4, 0.5) is 5.69 Å². The Morgan fingerprint density at radius 2 is 1.73 bits per heavy atom. The fraction of sp³-hybridized carbons (Fsp3) is 0.300. The number of anilines is 1. The van der Waals surface area contributed by atoms with E-state index in [2.05, 4.69) is 10.6 Å². The van der Waals surface area contributed by atoms with Gasteiger partial charge in [0.05, 0.1) is 26.2 Å². The van der Waals surface area contributed by atoms with E-state index >= 15 is 0 Å². The number of nitrogens with one attached hydrogen (secondary N) is 2. The lowest BCUT2D eigenvalue weighted by molar-refractivity contribution is -0.123. The summed E-state index contributed by atoms with van der Waals surface area (Å²) < 4.78 is 5.13. The normalized spacial score (nSPS) is 11.7. The van der Waals surface area contributed by atoms with E-state index in [-0.39, 0.29) is 30.9 Å². The summed E-state index contributed by atoms with van der Waals surface area (Å²) in [6.45, 7) is 2.19. The lowest BCUT2D eigenvalue weighted by Crippen LogP contribution is -2.39. The molecule has 0 spiro atoms. The van der Waals surface area contributed by atoms with Crippen LogP contribution in [0.25, 0.3) is 0 Å². The van der Waals surface area contributed by atoms with Gasteiger partial charge in [0, 0.05) is 11.8 Å². The van der Waals surface area contributed by atoms with Gasteiger partial charge in [0.15, 0.2) is 0 Å². The molecule has 2 aromatic rings. The van der Waals surface area contributed by atoms with E-state index in [0.29, 0.717) is 11.4 Å². The molecule has 2 amide bonds. The number of rotatable bonds is 8. The number of carbonyl (C=O) groups is 2. The van der Waals surface area contributed by atoms with Crippen LogP contribution in [0.1, 0.15) is 18.5 Å². The van der Waals surface area contributed by atoms with E-state index in [1.807, 2.05) is 37.3 Å². The summed E-state index contributed by atoms with van der Waals surface area (Å²) in [5.74, 6) is 0.355. The van der Waals surface area contributed by atoms with Crippen LogP contribution in [0.15, 0.2) is 54.6 Å². The van der Waals surface area contributed by atoms with Gasteiger partial charge in [-0.25, -0.2) is 0 Å². The third-order valence-corrected chi connectivity index (χ3v) is 3.86. The van der Waals surface area contributed by atoms with Crippen LogP contribution in [0.2, 0.25) is 0 Å². The van der Waals surface area contributed by atoms with Gasteiger partial charge in [0.2, 0.25) is 11.8 Å². The van der Waals surface area contributed by atoms with Crippen LogP contribution < -0.4 is 15.4 Å². The summed E-state index contributed by atoms with van der Waals surface area (Å²) in [5.41, 5.74) is 1.70. The lowest BCUT2D eigenvalue weighted by atomic mass is 10.1. The number of methoxy groups -OCH3 is 1. The first kappa shape index (κ1) is 19.5. The van der Waals surface area contributed by atoms with Crippen LogP contribution in [-0.4, -0.2) is 44.0 Å². The van der Waals surface area contributed by atoms with Crippen molar-refractivity contribution in [1.29, 1.82) is 0 Å². The molecule has 0 aliphatic heterocycles. The second-order valence-electron chi connectivity index (χ2n) is 6.15. The Balaban J connectivity index is 1.78. The quantitative estimate of drug-likeness (QED) is 0.763.